The largest absolute Gasteiger partial charge is 0.469 e. The zero-order chi connectivity index (χ0) is 15.4. The average molecular weight is 328 g/mol. The Balaban J connectivity index is 2.21. The Morgan fingerprint density at radius 2 is 2.05 bits per heavy atom. The first-order valence-corrected chi connectivity index (χ1v) is 7.16. The number of hydrogen-bond donors (Lipinski definition) is 1. The number of benzene rings is 1. The van der Waals surface area contributed by atoms with Gasteiger partial charge in [0.25, 0.3) is 5.91 Å². The summed E-state index contributed by atoms with van der Waals surface area (Å²) in [6.07, 6.45) is 1.47. The van der Waals surface area contributed by atoms with Crippen LogP contribution in [-0.2, 0) is 6.54 Å². The molecule has 0 atom stereocenters. The van der Waals surface area contributed by atoms with Gasteiger partial charge < -0.3 is 14.4 Å². The summed E-state index contributed by atoms with van der Waals surface area (Å²) in [5.41, 5.74) is 1.33. The summed E-state index contributed by atoms with van der Waals surface area (Å²) in [6, 6.07) is 6.82. The van der Waals surface area contributed by atoms with E-state index in [0.717, 1.165) is 5.56 Å². The van der Waals surface area contributed by atoms with Crippen LogP contribution in [0.2, 0.25) is 10.0 Å². The smallest absolute Gasteiger partial charge is 0.257 e. The molecule has 0 bridgehead atoms. The van der Waals surface area contributed by atoms with Crippen LogP contribution < -0.4 is 0 Å². The lowest BCUT2D eigenvalue weighted by atomic mass is 10.1. The standard InChI is InChI=1S/C15H15Cl2NO3/c1-10-12(4-7-21-10)15(20)18(5-6-19)9-11-2-3-13(16)14(17)8-11/h2-4,7-8,19H,5-6,9H2,1H3. The maximum Gasteiger partial charge on any atom is 0.257 e. The molecule has 0 spiro atoms. The maximum atomic E-state index is 12.5. The van der Waals surface area contributed by atoms with Crippen LogP contribution >= 0.6 is 23.2 Å². The van der Waals surface area contributed by atoms with Crippen molar-refractivity contribution in [1.29, 1.82) is 0 Å². The number of carbonyl (C=O) groups excluding carboxylic acids is 1. The summed E-state index contributed by atoms with van der Waals surface area (Å²) in [4.78, 5) is 14.0. The lowest BCUT2D eigenvalue weighted by molar-refractivity contribution is 0.0706. The Kier molecular flexibility index (Phi) is 5.28. The number of carbonyl (C=O) groups is 1. The molecule has 2 rings (SSSR count). The summed E-state index contributed by atoms with van der Waals surface area (Å²) < 4.78 is 5.15. The number of aliphatic hydroxyl groups is 1. The molecular weight excluding hydrogens is 313 g/mol. The first kappa shape index (κ1) is 15.9. The third-order valence-corrected chi connectivity index (χ3v) is 3.84. The van der Waals surface area contributed by atoms with Crippen LogP contribution in [0.25, 0.3) is 0 Å². The zero-order valence-electron chi connectivity index (χ0n) is 11.5. The molecule has 0 aliphatic rings. The fourth-order valence-electron chi connectivity index (χ4n) is 2.01. The summed E-state index contributed by atoms with van der Waals surface area (Å²) >= 11 is 11.9. The predicted molar refractivity (Wildman–Crippen MR) is 81.7 cm³/mol. The van der Waals surface area contributed by atoms with E-state index in [4.69, 9.17) is 32.7 Å². The molecule has 0 saturated heterocycles. The Morgan fingerprint density at radius 3 is 2.62 bits per heavy atom. The molecule has 6 heteroatoms. The van der Waals surface area contributed by atoms with Gasteiger partial charge in [0.15, 0.2) is 0 Å². The molecule has 4 nitrogen and oxygen atoms in total. The molecular formula is C15H15Cl2NO3. The molecule has 1 N–H and O–H groups in total. The van der Waals surface area contributed by atoms with Gasteiger partial charge in [0.1, 0.15) is 5.76 Å². The molecule has 1 aromatic heterocycles. The average Bonchev–Trinajstić information content (AvgIpc) is 2.88. The maximum absolute atomic E-state index is 12.5. The Morgan fingerprint density at radius 1 is 1.29 bits per heavy atom. The van der Waals surface area contributed by atoms with Gasteiger partial charge in [-0.1, -0.05) is 29.3 Å². The van der Waals surface area contributed by atoms with Crippen molar-refractivity contribution < 1.29 is 14.3 Å². The van der Waals surface area contributed by atoms with Crippen LogP contribution in [0.4, 0.5) is 0 Å². The molecule has 1 aromatic carbocycles. The van der Waals surface area contributed by atoms with E-state index in [1.165, 1.54) is 11.2 Å². The molecule has 0 saturated carbocycles. The number of furan rings is 1. The van der Waals surface area contributed by atoms with Crippen molar-refractivity contribution in [3.8, 4) is 0 Å². The van der Waals surface area contributed by atoms with E-state index in [0.29, 0.717) is 27.9 Å². The summed E-state index contributed by atoms with van der Waals surface area (Å²) in [7, 11) is 0. The normalized spacial score (nSPS) is 10.7. The minimum Gasteiger partial charge on any atom is -0.469 e. The minimum atomic E-state index is -0.193. The highest BCUT2D eigenvalue weighted by Crippen LogP contribution is 2.23. The van der Waals surface area contributed by atoms with Gasteiger partial charge in [0.05, 0.1) is 28.5 Å². The Hall–Kier alpha value is -1.49. The number of nitrogens with zero attached hydrogens (tertiary/aromatic N) is 1. The molecule has 0 aliphatic heterocycles. The Bertz CT molecular complexity index is 640. The lowest BCUT2D eigenvalue weighted by Crippen LogP contribution is -2.33. The van der Waals surface area contributed by atoms with Gasteiger partial charge in [-0.2, -0.15) is 0 Å². The molecule has 0 aliphatic carbocycles. The molecule has 0 radical (unpaired) electrons. The lowest BCUT2D eigenvalue weighted by Gasteiger charge is -2.22. The van der Waals surface area contributed by atoms with Gasteiger partial charge >= 0.3 is 0 Å². The van der Waals surface area contributed by atoms with E-state index in [9.17, 15) is 4.79 Å². The highest BCUT2D eigenvalue weighted by molar-refractivity contribution is 6.42. The second-order valence-corrected chi connectivity index (χ2v) is 5.40. The zero-order valence-corrected chi connectivity index (χ0v) is 13.0. The monoisotopic (exact) mass is 327 g/mol. The fourth-order valence-corrected chi connectivity index (χ4v) is 2.33. The third-order valence-electron chi connectivity index (χ3n) is 3.10. The predicted octanol–water partition coefficient (Wildman–Crippen LogP) is 3.53. The number of aliphatic hydroxyl groups excluding tert-OH is 1. The van der Waals surface area contributed by atoms with Crippen LogP contribution in [-0.4, -0.2) is 29.1 Å². The molecule has 1 amide bonds. The molecule has 112 valence electrons. The summed E-state index contributed by atoms with van der Waals surface area (Å²) in [5, 5.41) is 10.1. The molecule has 2 aromatic rings. The summed E-state index contributed by atoms with van der Waals surface area (Å²) in [6.45, 7) is 2.16. The van der Waals surface area contributed by atoms with Gasteiger partial charge in [0.2, 0.25) is 0 Å². The van der Waals surface area contributed by atoms with E-state index < -0.39 is 0 Å². The van der Waals surface area contributed by atoms with Crippen LogP contribution in [0.15, 0.2) is 34.9 Å². The fraction of sp³-hybridized carbons (Fsp3) is 0.267. The van der Waals surface area contributed by atoms with Crippen molar-refractivity contribution in [3.05, 3.63) is 57.5 Å². The molecule has 1 heterocycles. The van der Waals surface area contributed by atoms with Crippen molar-refractivity contribution in [1.82, 2.24) is 4.90 Å². The second kappa shape index (κ2) is 6.98. The van der Waals surface area contributed by atoms with Crippen molar-refractivity contribution in [2.45, 2.75) is 13.5 Å². The highest BCUT2D eigenvalue weighted by atomic mass is 35.5. The minimum absolute atomic E-state index is 0.121. The molecule has 21 heavy (non-hydrogen) atoms. The van der Waals surface area contributed by atoms with Gasteiger partial charge in [-0.25, -0.2) is 0 Å². The van der Waals surface area contributed by atoms with Gasteiger partial charge in [-0.05, 0) is 30.7 Å². The van der Waals surface area contributed by atoms with Crippen molar-refractivity contribution in [2.24, 2.45) is 0 Å². The van der Waals surface area contributed by atoms with E-state index in [1.54, 1.807) is 31.2 Å². The SMILES string of the molecule is Cc1occc1C(=O)N(CCO)Cc1ccc(Cl)c(Cl)c1. The first-order valence-electron chi connectivity index (χ1n) is 6.41. The Labute approximate surface area is 132 Å². The van der Waals surface area contributed by atoms with E-state index >= 15 is 0 Å². The number of hydrogen-bond acceptors (Lipinski definition) is 3. The van der Waals surface area contributed by atoms with Crippen molar-refractivity contribution in [2.75, 3.05) is 13.2 Å². The number of halogens is 2. The van der Waals surface area contributed by atoms with Crippen LogP contribution in [0.1, 0.15) is 21.7 Å². The molecule has 0 fully saturated rings. The second-order valence-electron chi connectivity index (χ2n) is 4.59. The first-order chi connectivity index (χ1) is 10.0. The summed E-state index contributed by atoms with van der Waals surface area (Å²) in [5.74, 6) is 0.360. The number of aryl methyl sites for hydroxylation is 1. The van der Waals surface area contributed by atoms with Crippen molar-refractivity contribution >= 4 is 29.1 Å². The van der Waals surface area contributed by atoms with E-state index in [1.807, 2.05) is 0 Å². The van der Waals surface area contributed by atoms with E-state index in [-0.39, 0.29) is 19.1 Å². The topological polar surface area (TPSA) is 53.7 Å². The third kappa shape index (κ3) is 3.79. The van der Waals surface area contributed by atoms with E-state index in [2.05, 4.69) is 0 Å². The molecule has 0 unspecified atom stereocenters. The van der Waals surface area contributed by atoms with Gasteiger partial charge in [-0.3, -0.25) is 4.79 Å². The van der Waals surface area contributed by atoms with Gasteiger partial charge in [-0.15, -0.1) is 0 Å². The quantitative estimate of drug-likeness (QED) is 0.913. The van der Waals surface area contributed by atoms with Crippen LogP contribution in [0.3, 0.4) is 0 Å². The highest BCUT2D eigenvalue weighted by Gasteiger charge is 2.19. The number of rotatable bonds is 5. The van der Waals surface area contributed by atoms with Crippen LogP contribution in [0, 0.1) is 6.92 Å². The number of amides is 1. The van der Waals surface area contributed by atoms with Crippen molar-refractivity contribution in [3.63, 3.8) is 0 Å². The van der Waals surface area contributed by atoms with Crippen LogP contribution in [0.5, 0.6) is 0 Å². The van der Waals surface area contributed by atoms with Gasteiger partial charge in [0, 0.05) is 13.1 Å².